The summed E-state index contributed by atoms with van der Waals surface area (Å²) in [7, 11) is -3.12. The molecule has 0 fully saturated rings. The smallest absolute Gasteiger partial charge is 0.176 e. The van der Waals surface area contributed by atoms with Gasteiger partial charge in [-0.1, -0.05) is 72.8 Å². The van der Waals surface area contributed by atoms with E-state index >= 15 is 0 Å². The standard InChI is InChI=1S/C18H15O3P/c19-21-17-13-7-8-14-18(17)22(20,15-9-3-1-4-10-15)16-11-5-2-6-12-16/h1-14,19H. The van der Waals surface area contributed by atoms with Gasteiger partial charge in [0.15, 0.2) is 12.9 Å². The van der Waals surface area contributed by atoms with Gasteiger partial charge in [0.1, 0.15) is 0 Å². The minimum Gasteiger partial charge on any atom is -0.339 e. The predicted molar refractivity (Wildman–Crippen MR) is 89.1 cm³/mol. The first-order chi connectivity index (χ1) is 10.8. The maximum Gasteiger partial charge on any atom is 0.176 e. The maximum absolute atomic E-state index is 14.0. The summed E-state index contributed by atoms with van der Waals surface area (Å²) < 4.78 is 14.0. The Balaban J connectivity index is 2.32. The molecular weight excluding hydrogens is 295 g/mol. The lowest BCUT2D eigenvalue weighted by Crippen LogP contribution is -2.26. The molecule has 0 amide bonds. The molecule has 0 radical (unpaired) electrons. The Bertz CT molecular complexity index is 757. The lowest BCUT2D eigenvalue weighted by molar-refractivity contribution is -0.136. The fraction of sp³-hybridized carbons (Fsp3) is 0. The van der Waals surface area contributed by atoms with Gasteiger partial charge in [0.25, 0.3) is 0 Å². The zero-order valence-corrected chi connectivity index (χ0v) is 12.7. The molecule has 3 rings (SSSR count). The summed E-state index contributed by atoms with van der Waals surface area (Å²) in [6.45, 7) is 0. The molecule has 0 bridgehead atoms. The fourth-order valence-corrected chi connectivity index (χ4v) is 5.26. The molecule has 0 aromatic heterocycles. The van der Waals surface area contributed by atoms with Crippen LogP contribution in [0.25, 0.3) is 0 Å². The number of rotatable bonds is 4. The Hall–Kier alpha value is -2.35. The van der Waals surface area contributed by atoms with E-state index in [1.165, 1.54) is 0 Å². The third kappa shape index (κ3) is 2.45. The van der Waals surface area contributed by atoms with E-state index in [9.17, 15) is 4.57 Å². The molecule has 1 N–H and O–H groups in total. The van der Waals surface area contributed by atoms with Gasteiger partial charge in [-0.2, -0.15) is 0 Å². The van der Waals surface area contributed by atoms with Gasteiger partial charge in [-0.3, -0.25) is 0 Å². The summed E-state index contributed by atoms with van der Waals surface area (Å²) in [6.07, 6.45) is 0. The van der Waals surface area contributed by atoms with Crippen molar-refractivity contribution < 1.29 is 14.7 Å². The Morgan fingerprint density at radius 2 is 1.14 bits per heavy atom. The average Bonchev–Trinajstić information content (AvgIpc) is 2.62. The Morgan fingerprint density at radius 1 is 0.682 bits per heavy atom. The van der Waals surface area contributed by atoms with Crippen LogP contribution in [0.1, 0.15) is 0 Å². The van der Waals surface area contributed by atoms with Crippen LogP contribution in [-0.2, 0) is 4.57 Å². The van der Waals surface area contributed by atoms with E-state index in [1.54, 1.807) is 24.3 Å². The molecule has 0 saturated heterocycles. The van der Waals surface area contributed by atoms with Gasteiger partial charge in [0.05, 0.1) is 5.30 Å². The summed E-state index contributed by atoms with van der Waals surface area (Å²) in [5, 5.41) is 11.0. The highest BCUT2D eigenvalue weighted by molar-refractivity contribution is 7.85. The Kier molecular flexibility index (Phi) is 4.10. The summed E-state index contributed by atoms with van der Waals surface area (Å²) in [5.74, 6) is 0.207. The van der Waals surface area contributed by atoms with Gasteiger partial charge in [-0.05, 0) is 12.1 Å². The molecule has 3 aromatic carbocycles. The third-order valence-corrected chi connectivity index (χ3v) is 6.64. The number of benzene rings is 3. The van der Waals surface area contributed by atoms with Crippen molar-refractivity contribution in [3.8, 4) is 5.75 Å². The van der Waals surface area contributed by atoms with Gasteiger partial charge in [-0.25, -0.2) is 5.26 Å². The van der Waals surface area contributed by atoms with Crippen LogP contribution in [0.3, 0.4) is 0 Å². The van der Waals surface area contributed by atoms with Crippen molar-refractivity contribution in [2.75, 3.05) is 0 Å². The molecule has 3 nitrogen and oxygen atoms in total. The van der Waals surface area contributed by atoms with E-state index < -0.39 is 7.14 Å². The minimum absolute atomic E-state index is 0.207. The molecule has 110 valence electrons. The van der Waals surface area contributed by atoms with Crippen LogP contribution in [0, 0.1) is 0 Å². The molecule has 0 aliphatic carbocycles. The topological polar surface area (TPSA) is 46.5 Å². The second-order valence-electron chi connectivity index (χ2n) is 4.84. The van der Waals surface area contributed by atoms with Crippen molar-refractivity contribution in [3.63, 3.8) is 0 Å². The van der Waals surface area contributed by atoms with Crippen molar-refractivity contribution in [1.82, 2.24) is 0 Å². The van der Waals surface area contributed by atoms with Gasteiger partial charge in [0.2, 0.25) is 0 Å². The van der Waals surface area contributed by atoms with E-state index in [4.69, 9.17) is 5.26 Å². The largest absolute Gasteiger partial charge is 0.339 e. The summed E-state index contributed by atoms with van der Waals surface area (Å²) in [6, 6.07) is 25.4. The van der Waals surface area contributed by atoms with Crippen LogP contribution in [0.4, 0.5) is 0 Å². The van der Waals surface area contributed by atoms with Crippen LogP contribution in [0.15, 0.2) is 84.9 Å². The predicted octanol–water partition coefficient (Wildman–Crippen LogP) is 3.18. The molecule has 0 spiro atoms. The molecule has 0 aliphatic heterocycles. The van der Waals surface area contributed by atoms with Crippen LogP contribution in [0.2, 0.25) is 0 Å². The highest BCUT2D eigenvalue weighted by Crippen LogP contribution is 2.44. The molecule has 4 heteroatoms. The maximum atomic E-state index is 14.0. The average molecular weight is 310 g/mol. The first kappa shape index (κ1) is 14.6. The van der Waals surface area contributed by atoms with Crippen molar-refractivity contribution in [2.24, 2.45) is 0 Å². The first-order valence-electron chi connectivity index (χ1n) is 6.89. The Labute approximate surface area is 129 Å². The number of hydrogen-bond acceptors (Lipinski definition) is 3. The zero-order valence-electron chi connectivity index (χ0n) is 11.8. The molecule has 0 aliphatic rings. The van der Waals surface area contributed by atoms with E-state index in [0.29, 0.717) is 15.9 Å². The summed E-state index contributed by atoms with van der Waals surface area (Å²) >= 11 is 0. The lowest BCUT2D eigenvalue weighted by Gasteiger charge is -2.21. The third-order valence-electron chi connectivity index (χ3n) is 3.54. The number of para-hydroxylation sites is 1. The van der Waals surface area contributed by atoms with Gasteiger partial charge < -0.3 is 9.45 Å². The van der Waals surface area contributed by atoms with E-state index in [2.05, 4.69) is 4.89 Å². The molecule has 0 heterocycles. The van der Waals surface area contributed by atoms with Crippen LogP contribution < -0.4 is 20.8 Å². The summed E-state index contributed by atoms with van der Waals surface area (Å²) in [4.78, 5) is 4.46. The monoisotopic (exact) mass is 310 g/mol. The van der Waals surface area contributed by atoms with Crippen molar-refractivity contribution in [1.29, 1.82) is 0 Å². The molecule has 3 aromatic rings. The summed E-state index contributed by atoms with van der Waals surface area (Å²) in [5.41, 5.74) is 0. The van der Waals surface area contributed by atoms with E-state index in [0.717, 1.165) is 0 Å². The second-order valence-corrected chi connectivity index (χ2v) is 7.57. The molecule has 0 unspecified atom stereocenters. The van der Waals surface area contributed by atoms with Crippen LogP contribution in [-0.4, -0.2) is 5.26 Å². The van der Waals surface area contributed by atoms with Crippen molar-refractivity contribution >= 4 is 23.1 Å². The fourth-order valence-electron chi connectivity index (χ4n) is 2.50. The normalized spacial score (nSPS) is 11.1. The van der Waals surface area contributed by atoms with E-state index in [-0.39, 0.29) is 5.75 Å². The zero-order chi connectivity index (χ0) is 15.4. The van der Waals surface area contributed by atoms with Crippen molar-refractivity contribution in [3.05, 3.63) is 84.9 Å². The number of hydrogen-bond donors (Lipinski definition) is 1. The highest BCUT2D eigenvalue weighted by atomic mass is 31.2. The van der Waals surface area contributed by atoms with Crippen LogP contribution >= 0.6 is 7.14 Å². The quantitative estimate of drug-likeness (QED) is 0.457. The highest BCUT2D eigenvalue weighted by Gasteiger charge is 2.32. The Morgan fingerprint density at radius 3 is 1.64 bits per heavy atom. The minimum atomic E-state index is -3.12. The molecule has 0 atom stereocenters. The van der Waals surface area contributed by atoms with Crippen molar-refractivity contribution in [2.45, 2.75) is 0 Å². The molecular formula is C18H15O3P. The second kappa shape index (κ2) is 6.18. The molecule has 0 saturated carbocycles. The van der Waals surface area contributed by atoms with Gasteiger partial charge in [-0.15, -0.1) is 0 Å². The lowest BCUT2D eigenvalue weighted by atomic mass is 10.3. The molecule has 22 heavy (non-hydrogen) atoms. The SMILES string of the molecule is O=P(c1ccccc1)(c1ccccc1)c1ccccc1OO. The van der Waals surface area contributed by atoms with Gasteiger partial charge >= 0.3 is 0 Å². The van der Waals surface area contributed by atoms with Crippen LogP contribution in [0.5, 0.6) is 5.75 Å². The van der Waals surface area contributed by atoms with Gasteiger partial charge in [0, 0.05) is 10.6 Å². The van der Waals surface area contributed by atoms with E-state index in [1.807, 2.05) is 60.7 Å². The first-order valence-corrected chi connectivity index (χ1v) is 8.60.